The normalized spacial score (nSPS) is 29.8. The van der Waals surface area contributed by atoms with Crippen LogP contribution in [0.1, 0.15) is 38.3 Å². The summed E-state index contributed by atoms with van der Waals surface area (Å²) in [5.74, 6) is 0.984. The van der Waals surface area contributed by atoms with Gasteiger partial charge in [0, 0.05) is 25.6 Å². The summed E-state index contributed by atoms with van der Waals surface area (Å²) in [4.78, 5) is 4.49. The summed E-state index contributed by atoms with van der Waals surface area (Å²) in [5.41, 5.74) is 1.28. The third kappa shape index (κ3) is 2.74. The van der Waals surface area contributed by atoms with Gasteiger partial charge in [-0.2, -0.15) is 5.26 Å². The number of nitrogens with zero attached hydrogens (tertiary/aromatic N) is 3. The molecule has 0 radical (unpaired) electrons. The second-order valence-corrected chi connectivity index (χ2v) is 6.87. The van der Waals surface area contributed by atoms with Gasteiger partial charge in [-0.15, -0.1) is 0 Å². The van der Waals surface area contributed by atoms with Crippen LogP contribution in [0.5, 0.6) is 0 Å². The molecule has 24 heavy (non-hydrogen) atoms. The van der Waals surface area contributed by atoms with Gasteiger partial charge in [0.1, 0.15) is 17.8 Å². The van der Waals surface area contributed by atoms with E-state index in [1.54, 1.807) is 4.40 Å². The Hall–Kier alpha value is -2.10. The van der Waals surface area contributed by atoms with Crippen molar-refractivity contribution in [1.82, 2.24) is 9.38 Å². The lowest BCUT2D eigenvalue weighted by Crippen LogP contribution is -2.36. The van der Waals surface area contributed by atoms with Gasteiger partial charge in [-0.05, 0) is 30.9 Å². The minimum Gasteiger partial charge on any atom is -0.365 e. The van der Waals surface area contributed by atoms with Gasteiger partial charge < -0.3 is 14.8 Å². The van der Waals surface area contributed by atoms with Crippen LogP contribution in [0.25, 0.3) is 5.65 Å². The van der Waals surface area contributed by atoms with E-state index in [-0.39, 0.29) is 11.9 Å². The molecule has 126 valence electrons. The SMILES string of the molecule is CC1CCC2(CC1)OCC(CNc1nc3ccccn3c1C#N)O2. The minimum atomic E-state index is -0.379. The number of rotatable bonds is 3. The van der Waals surface area contributed by atoms with Crippen molar-refractivity contribution in [2.75, 3.05) is 18.5 Å². The van der Waals surface area contributed by atoms with Gasteiger partial charge in [0.15, 0.2) is 17.3 Å². The maximum Gasteiger partial charge on any atom is 0.169 e. The molecule has 1 atom stereocenters. The number of aromatic nitrogens is 2. The molecule has 1 aliphatic carbocycles. The zero-order valence-corrected chi connectivity index (χ0v) is 13.9. The zero-order valence-electron chi connectivity index (χ0n) is 13.9. The second kappa shape index (κ2) is 6.08. The van der Waals surface area contributed by atoms with Crippen LogP contribution in [0.2, 0.25) is 0 Å². The Morgan fingerprint density at radius 3 is 3.04 bits per heavy atom. The van der Waals surface area contributed by atoms with Crippen molar-refractivity contribution in [3.05, 3.63) is 30.1 Å². The summed E-state index contributed by atoms with van der Waals surface area (Å²) in [5, 5.41) is 12.7. The van der Waals surface area contributed by atoms with Gasteiger partial charge in [0.05, 0.1) is 6.61 Å². The van der Waals surface area contributed by atoms with Gasteiger partial charge in [-0.3, -0.25) is 4.40 Å². The van der Waals surface area contributed by atoms with E-state index in [4.69, 9.17) is 9.47 Å². The lowest BCUT2D eigenvalue weighted by molar-refractivity contribution is -0.190. The van der Waals surface area contributed by atoms with Gasteiger partial charge in [0.2, 0.25) is 0 Å². The summed E-state index contributed by atoms with van der Waals surface area (Å²) in [6.07, 6.45) is 6.11. The Kier molecular flexibility index (Phi) is 3.91. The number of ether oxygens (including phenoxy) is 2. The largest absolute Gasteiger partial charge is 0.365 e. The van der Waals surface area contributed by atoms with Crippen LogP contribution in [0.3, 0.4) is 0 Å². The Labute approximate surface area is 141 Å². The molecule has 3 heterocycles. The number of nitriles is 1. The molecule has 0 aromatic carbocycles. The predicted molar refractivity (Wildman–Crippen MR) is 89.6 cm³/mol. The number of anilines is 1. The summed E-state index contributed by atoms with van der Waals surface area (Å²) < 4.78 is 14.0. The molecule has 0 amide bonds. The van der Waals surface area contributed by atoms with Crippen molar-refractivity contribution in [2.45, 2.75) is 44.5 Å². The van der Waals surface area contributed by atoms with E-state index in [1.165, 1.54) is 0 Å². The number of imidazole rings is 1. The minimum absolute atomic E-state index is 0.00485. The highest BCUT2D eigenvalue weighted by Gasteiger charge is 2.43. The fourth-order valence-corrected chi connectivity index (χ4v) is 3.62. The first-order chi connectivity index (χ1) is 11.7. The fourth-order valence-electron chi connectivity index (χ4n) is 3.62. The van der Waals surface area contributed by atoms with Crippen LogP contribution < -0.4 is 5.32 Å². The third-order valence-corrected chi connectivity index (χ3v) is 5.08. The molecule has 1 N–H and O–H groups in total. The van der Waals surface area contributed by atoms with Gasteiger partial charge >= 0.3 is 0 Å². The number of hydrogen-bond donors (Lipinski definition) is 1. The summed E-state index contributed by atoms with van der Waals surface area (Å²) in [7, 11) is 0. The van der Waals surface area contributed by atoms with Gasteiger partial charge in [0.25, 0.3) is 0 Å². The van der Waals surface area contributed by atoms with Crippen LogP contribution in [0, 0.1) is 17.2 Å². The van der Waals surface area contributed by atoms with E-state index in [9.17, 15) is 5.26 Å². The van der Waals surface area contributed by atoms with Crippen LogP contribution in [0.15, 0.2) is 24.4 Å². The van der Waals surface area contributed by atoms with Gasteiger partial charge in [-0.25, -0.2) is 4.98 Å². The molecule has 1 spiro atoms. The van der Waals surface area contributed by atoms with Crippen molar-refractivity contribution < 1.29 is 9.47 Å². The Balaban J connectivity index is 1.42. The molecule has 4 rings (SSSR count). The first kappa shape index (κ1) is 15.4. The fraction of sp³-hybridized carbons (Fsp3) is 0.556. The van der Waals surface area contributed by atoms with Crippen molar-refractivity contribution in [1.29, 1.82) is 5.26 Å². The van der Waals surface area contributed by atoms with Crippen molar-refractivity contribution in [3.8, 4) is 6.07 Å². The van der Waals surface area contributed by atoms with E-state index in [1.807, 2.05) is 24.4 Å². The predicted octanol–water partition coefficient (Wildman–Crippen LogP) is 2.94. The van der Waals surface area contributed by atoms with Crippen LogP contribution in [-0.4, -0.2) is 34.4 Å². The van der Waals surface area contributed by atoms with E-state index in [0.717, 1.165) is 37.2 Å². The van der Waals surface area contributed by atoms with Gasteiger partial charge in [-0.1, -0.05) is 13.0 Å². The van der Waals surface area contributed by atoms with Crippen LogP contribution in [0.4, 0.5) is 5.82 Å². The molecule has 2 aromatic rings. The van der Waals surface area contributed by atoms with Crippen LogP contribution in [-0.2, 0) is 9.47 Å². The van der Waals surface area contributed by atoms with E-state index in [2.05, 4.69) is 23.3 Å². The smallest absolute Gasteiger partial charge is 0.169 e. The summed E-state index contributed by atoms with van der Waals surface area (Å²) in [6.45, 7) is 3.47. The Morgan fingerprint density at radius 2 is 2.25 bits per heavy atom. The maximum absolute atomic E-state index is 9.41. The molecule has 0 bridgehead atoms. The average Bonchev–Trinajstić information content (AvgIpc) is 3.17. The first-order valence-corrected chi connectivity index (χ1v) is 8.62. The molecule has 2 aliphatic rings. The topological polar surface area (TPSA) is 71.6 Å². The standard InChI is InChI=1S/C18H22N4O2/c1-13-5-7-18(8-6-13)23-12-14(24-18)11-20-17-15(10-19)22-9-3-2-4-16(22)21-17/h2-4,9,13-14,20H,5-8,11-12H2,1H3. The van der Waals surface area contributed by atoms with Crippen LogP contribution >= 0.6 is 0 Å². The second-order valence-electron chi connectivity index (χ2n) is 6.87. The number of hydrogen-bond acceptors (Lipinski definition) is 5. The number of fused-ring (bicyclic) bond motifs is 1. The molecular weight excluding hydrogens is 304 g/mol. The molecule has 1 unspecified atom stereocenters. The highest BCUT2D eigenvalue weighted by Crippen LogP contribution is 2.39. The molecule has 2 fully saturated rings. The highest BCUT2D eigenvalue weighted by atomic mass is 16.7. The van der Waals surface area contributed by atoms with E-state index < -0.39 is 0 Å². The number of nitrogens with one attached hydrogen (secondary N) is 1. The zero-order chi connectivity index (χ0) is 16.6. The molecule has 2 aromatic heterocycles. The van der Waals surface area contributed by atoms with E-state index in [0.29, 0.717) is 24.7 Å². The highest BCUT2D eigenvalue weighted by molar-refractivity contribution is 5.58. The van der Waals surface area contributed by atoms with Crippen molar-refractivity contribution in [3.63, 3.8) is 0 Å². The molecule has 6 heteroatoms. The quantitative estimate of drug-likeness (QED) is 0.939. The lowest BCUT2D eigenvalue weighted by Gasteiger charge is -2.34. The molecule has 6 nitrogen and oxygen atoms in total. The third-order valence-electron chi connectivity index (χ3n) is 5.08. The van der Waals surface area contributed by atoms with Crippen molar-refractivity contribution >= 4 is 11.5 Å². The molecule has 1 aliphatic heterocycles. The van der Waals surface area contributed by atoms with Crippen molar-refractivity contribution in [2.24, 2.45) is 5.92 Å². The summed E-state index contributed by atoms with van der Waals surface area (Å²) >= 11 is 0. The molecular formula is C18H22N4O2. The maximum atomic E-state index is 9.41. The first-order valence-electron chi connectivity index (χ1n) is 8.62. The van der Waals surface area contributed by atoms with E-state index >= 15 is 0 Å². The molecule has 1 saturated heterocycles. The number of pyridine rings is 1. The monoisotopic (exact) mass is 326 g/mol. The summed E-state index contributed by atoms with van der Waals surface area (Å²) in [6, 6.07) is 7.91. The Morgan fingerprint density at radius 1 is 1.42 bits per heavy atom. The molecule has 1 saturated carbocycles. The lowest BCUT2D eigenvalue weighted by atomic mass is 9.86. The average molecular weight is 326 g/mol. The Bertz CT molecular complexity index is 771.